The Morgan fingerprint density at radius 1 is 1.43 bits per heavy atom. The number of nitrogens with zero attached hydrogens (tertiary/aromatic N) is 2. The minimum atomic E-state index is -4.74. The minimum Gasteiger partial charge on any atom is -0.478 e. The molecule has 5 nitrogen and oxygen atoms in total. The molecule has 1 aromatic rings. The summed E-state index contributed by atoms with van der Waals surface area (Å²) >= 11 is 0.582. The Balaban J connectivity index is 2.25. The molecule has 0 bridgehead atoms. The van der Waals surface area contributed by atoms with E-state index in [1.807, 2.05) is 0 Å². The largest absolute Gasteiger partial charge is 0.478 e. The molecular weight excluding hydrogens is 309 g/mol. The summed E-state index contributed by atoms with van der Waals surface area (Å²) in [5, 5.41) is 18.1. The molecule has 2 rings (SSSR count). The predicted octanol–water partition coefficient (Wildman–Crippen LogP) is 2.38. The van der Waals surface area contributed by atoms with E-state index in [0.29, 0.717) is 17.6 Å². The number of aryl methyl sites for hydroxylation is 1. The Morgan fingerprint density at radius 3 is 2.52 bits per heavy atom. The maximum Gasteiger partial charge on any atom is 0.415 e. The number of carbonyl (C=O) groups is 1. The molecule has 1 aliphatic carbocycles. The number of aromatic carboxylic acids is 1. The van der Waals surface area contributed by atoms with Crippen LogP contribution in [0.15, 0.2) is 5.03 Å². The number of aliphatic hydroxyl groups excluding tert-OH is 1. The number of hydrogen-bond acceptors (Lipinski definition) is 5. The van der Waals surface area contributed by atoms with Crippen LogP contribution in [0.5, 0.6) is 0 Å². The van der Waals surface area contributed by atoms with Crippen molar-refractivity contribution in [1.29, 1.82) is 0 Å². The van der Waals surface area contributed by atoms with Gasteiger partial charge in [-0.25, -0.2) is 14.8 Å². The smallest absolute Gasteiger partial charge is 0.415 e. The van der Waals surface area contributed by atoms with Gasteiger partial charge in [0.25, 0.3) is 0 Å². The highest BCUT2D eigenvalue weighted by Crippen LogP contribution is 2.39. The zero-order valence-electron chi connectivity index (χ0n) is 11.0. The second-order valence-corrected chi connectivity index (χ2v) is 5.80. The molecule has 0 spiro atoms. The summed E-state index contributed by atoms with van der Waals surface area (Å²) in [4.78, 5) is 19.4. The molecular formula is C12H13F3N2O3S. The first-order valence-electron chi connectivity index (χ1n) is 6.19. The first-order chi connectivity index (χ1) is 9.70. The second kappa shape index (κ2) is 5.80. The van der Waals surface area contributed by atoms with Gasteiger partial charge < -0.3 is 10.2 Å². The van der Waals surface area contributed by atoms with E-state index >= 15 is 0 Å². The molecule has 0 aliphatic heterocycles. The van der Waals surface area contributed by atoms with Gasteiger partial charge in [0.15, 0.2) is 6.10 Å². The van der Waals surface area contributed by atoms with Crippen LogP contribution in [0.4, 0.5) is 13.2 Å². The number of aliphatic hydroxyl groups is 1. The van der Waals surface area contributed by atoms with E-state index in [9.17, 15) is 18.0 Å². The normalized spacial score (nSPS) is 16.8. The summed E-state index contributed by atoms with van der Waals surface area (Å²) in [6.45, 7) is 1.49. The topological polar surface area (TPSA) is 83.3 Å². The van der Waals surface area contributed by atoms with Crippen molar-refractivity contribution in [2.24, 2.45) is 0 Å². The number of hydrogen-bond donors (Lipinski definition) is 2. The van der Waals surface area contributed by atoms with Crippen molar-refractivity contribution in [3.8, 4) is 0 Å². The van der Waals surface area contributed by atoms with E-state index in [1.165, 1.54) is 6.92 Å². The number of aromatic nitrogens is 2. The summed E-state index contributed by atoms with van der Waals surface area (Å²) in [5.41, 5.74) is 0.0159. The van der Waals surface area contributed by atoms with Crippen molar-refractivity contribution < 1.29 is 28.2 Å². The molecule has 1 unspecified atom stereocenters. The van der Waals surface area contributed by atoms with Gasteiger partial charge in [0.2, 0.25) is 0 Å². The van der Waals surface area contributed by atoms with Crippen LogP contribution in [0.25, 0.3) is 0 Å². The average molecular weight is 322 g/mol. The highest BCUT2D eigenvalue weighted by molar-refractivity contribution is 7.99. The first kappa shape index (κ1) is 16.0. The summed E-state index contributed by atoms with van der Waals surface area (Å²) in [7, 11) is 0. The van der Waals surface area contributed by atoms with E-state index in [4.69, 9.17) is 10.2 Å². The number of rotatable bonds is 5. The molecule has 0 saturated heterocycles. The zero-order chi connectivity index (χ0) is 15.8. The molecule has 9 heteroatoms. The van der Waals surface area contributed by atoms with Gasteiger partial charge in [0, 0.05) is 11.7 Å². The fourth-order valence-corrected chi connectivity index (χ4v) is 2.74. The fourth-order valence-electron chi connectivity index (χ4n) is 1.69. The lowest BCUT2D eigenvalue weighted by Crippen LogP contribution is -2.30. The van der Waals surface area contributed by atoms with Crippen LogP contribution < -0.4 is 0 Å². The SMILES string of the molecule is Cc1nc(C2CC2)nc(SCC(O)C(F)(F)F)c1C(=O)O. The molecule has 1 fully saturated rings. The van der Waals surface area contributed by atoms with Crippen molar-refractivity contribution in [3.05, 3.63) is 17.1 Å². The van der Waals surface area contributed by atoms with Crippen molar-refractivity contribution in [3.63, 3.8) is 0 Å². The van der Waals surface area contributed by atoms with Gasteiger partial charge in [-0.3, -0.25) is 0 Å². The second-order valence-electron chi connectivity index (χ2n) is 4.80. The highest BCUT2D eigenvalue weighted by Gasteiger charge is 2.38. The van der Waals surface area contributed by atoms with E-state index in [-0.39, 0.29) is 22.2 Å². The van der Waals surface area contributed by atoms with Crippen molar-refractivity contribution >= 4 is 17.7 Å². The number of thioether (sulfide) groups is 1. The molecule has 0 aromatic carbocycles. The Bertz CT molecular complexity index is 561. The Hall–Kier alpha value is -1.35. The molecule has 2 N–H and O–H groups in total. The summed E-state index contributed by atoms with van der Waals surface area (Å²) in [5.74, 6) is -1.39. The number of halogens is 3. The average Bonchev–Trinajstić information content (AvgIpc) is 3.17. The van der Waals surface area contributed by atoms with Crippen LogP contribution in [-0.2, 0) is 0 Å². The predicted molar refractivity (Wildman–Crippen MR) is 68.5 cm³/mol. The van der Waals surface area contributed by atoms with E-state index < -0.39 is 24.0 Å². The monoisotopic (exact) mass is 322 g/mol. The molecule has 1 aliphatic rings. The minimum absolute atomic E-state index is 0.0276. The maximum absolute atomic E-state index is 12.3. The number of carboxylic acids is 1. The number of alkyl halides is 3. The van der Waals surface area contributed by atoms with Gasteiger partial charge in [-0.15, -0.1) is 11.8 Å². The van der Waals surface area contributed by atoms with E-state index in [0.717, 1.165) is 12.8 Å². The summed E-state index contributed by atoms with van der Waals surface area (Å²) < 4.78 is 36.9. The van der Waals surface area contributed by atoms with Crippen LogP contribution >= 0.6 is 11.8 Å². The quantitative estimate of drug-likeness (QED) is 0.640. The Labute approximate surface area is 122 Å². The van der Waals surface area contributed by atoms with Gasteiger partial charge >= 0.3 is 12.1 Å². The van der Waals surface area contributed by atoms with Gasteiger partial charge in [-0.2, -0.15) is 13.2 Å². The molecule has 21 heavy (non-hydrogen) atoms. The highest BCUT2D eigenvalue weighted by atomic mass is 32.2. The zero-order valence-corrected chi connectivity index (χ0v) is 11.8. The van der Waals surface area contributed by atoms with Crippen LogP contribution in [-0.4, -0.2) is 44.2 Å². The van der Waals surface area contributed by atoms with Crippen LogP contribution in [0.3, 0.4) is 0 Å². The van der Waals surface area contributed by atoms with Crippen LogP contribution in [0.1, 0.15) is 40.6 Å². The lowest BCUT2D eigenvalue weighted by Gasteiger charge is -2.15. The van der Waals surface area contributed by atoms with Gasteiger partial charge in [0.1, 0.15) is 16.4 Å². The third-order valence-electron chi connectivity index (χ3n) is 2.99. The Kier molecular flexibility index (Phi) is 4.43. The standard InChI is InChI=1S/C12H13F3N2O3S/c1-5-8(11(19)20)10(17-9(16-5)6-2-3-6)21-4-7(18)12(13,14)15/h6-7,18H,2-4H2,1H3,(H,19,20). The molecule has 1 saturated carbocycles. The lowest BCUT2D eigenvalue weighted by molar-refractivity contribution is -0.195. The van der Waals surface area contributed by atoms with E-state index in [2.05, 4.69) is 9.97 Å². The summed E-state index contributed by atoms with van der Waals surface area (Å²) in [6, 6.07) is 0. The first-order valence-corrected chi connectivity index (χ1v) is 7.18. The van der Waals surface area contributed by atoms with E-state index in [1.54, 1.807) is 0 Å². The Morgan fingerprint density at radius 2 is 2.05 bits per heavy atom. The lowest BCUT2D eigenvalue weighted by atomic mass is 10.2. The van der Waals surface area contributed by atoms with Crippen LogP contribution in [0, 0.1) is 6.92 Å². The third kappa shape index (κ3) is 3.85. The van der Waals surface area contributed by atoms with Gasteiger partial charge in [-0.1, -0.05) is 0 Å². The third-order valence-corrected chi connectivity index (χ3v) is 4.04. The molecule has 0 radical (unpaired) electrons. The van der Waals surface area contributed by atoms with Crippen molar-refractivity contribution in [1.82, 2.24) is 9.97 Å². The number of carboxylic acid groups (broad SMARTS) is 1. The molecule has 116 valence electrons. The van der Waals surface area contributed by atoms with Crippen LogP contribution in [0.2, 0.25) is 0 Å². The molecule has 0 amide bonds. The molecule has 1 atom stereocenters. The van der Waals surface area contributed by atoms with Crippen molar-refractivity contribution in [2.45, 2.75) is 43.0 Å². The summed E-state index contributed by atoms with van der Waals surface area (Å²) in [6.07, 6.45) is -5.48. The molecule has 1 aromatic heterocycles. The fraction of sp³-hybridized carbons (Fsp3) is 0.583. The van der Waals surface area contributed by atoms with Crippen molar-refractivity contribution in [2.75, 3.05) is 5.75 Å². The maximum atomic E-state index is 12.3. The van der Waals surface area contributed by atoms with Gasteiger partial charge in [0.05, 0.1) is 5.69 Å². The molecule has 1 heterocycles. The van der Waals surface area contributed by atoms with Gasteiger partial charge in [-0.05, 0) is 19.8 Å².